The number of anilines is 1. The number of benzene rings is 1. The lowest BCUT2D eigenvalue weighted by Gasteiger charge is -2.36. The number of ether oxygens (including phenoxy) is 1. The van der Waals surface area contributed by atoms with Crippen LogP contribution in [0.1, 0.15) is 19.0 Å². The van der Waals surface area contributed by atoms with Gasteiger partial charge in [-0.1, -0.05) is 19.1 Å². The summed E-state index contributed by atoms with van der Waals surface area (Å²) in [6.45, 7) is 6.53. The molecule has 1 aliphatic heterocycles. The van der Waals surface area contributed by atoms with Crippen molar-refractivity contribution >= 4 is 11.7 Å². The van der Waals surface area contributed by atoms with Gasteiger partial charge >= 0.3 is 0 Å². The van der Waals surface area contributed by atoms with E-state index in [9.17, 15) is 9.90 Å². The summed E-state index contributed by atoms with van der Waals surface area (Å²) >= 11 is 0. The molecule has 0 radical (unpaired) electrons. The summed E-state index contributed by atoms with van der Waals surface area (Å²) in [6.07, 6.45) is 0.301. The van der Waals surface area contributed by atoms with Gasteiger partial charge in [0.2, 0.25) is 0 Å². The molecule has 1 fully saturated rings. The first-order valence-corrected chi connectivity index (χ1v) is 9.24. The molecule has 7 heteroatoms. The zero-order valence-corrected chi connectivity index (χ0v) is 16.1. The molecule has 1 atom stereocenters. The number of carbonyl (C=O) groups excluding carboxylic acids is 1. The number of amides is 1. The minimum Gasteiger partial charge on any atom is -0.507 e. The Morgan fingerprint density at radius 1 is 1.22 bits per heavy atom. The Morgan fingerprint density at radius 3 is 2.56 bits per heavy atom. The summed E-state index contributed by atoms with van der Waals surface area (Å²) in [5.41, 5.74) is 1.45. The second-order valence-electron chi connectivity index (χ2n) is 6.65. The van der Waals surface area contributed by atoms with Crippen LogP contribution in [-0.4, -0.2) is 65.3 Å². The maximum atomic E-state index is 12.5. The fourth-order valence-electron chi connectivity index (χ4n) is 3.30. The number of phenols is 1. The number of hydrogen-bond donors (Lipinski definition) is 1. The minimum atomic E-state index is -0.370. The average Bonchev–Trinajstić information content (AvgIpc) is 2.69. The molecule has 1 aliphatic rings. The van der Waals surface area contributed by atoms with Crippen molar-refractivity contribution in [3.05, 3.63) is 36.0 Å². The fraction of sp³-hybridized carbons (Fsp3) is 0.450. The zero-order chi connectivity index (χ0) is 19.4. The average molecular weight is 370 g/mol. The third-order valence-corrected chi connectivity index (χ3v) is 4.83. The maximum absolute atomic E-state index is 12.5. The molecular weight excluding hydrogens is 344 g/mol. The van der Waals surface area contributed by atoms with Gasteiger partial charge in [-0.25, -0.2) is 9.97 Å². The normalized spacial score (nSPS) is 15.7. The molecule has 0 spiro atoms. The van der Waals surface area contributed by atoms with Crippen molar-refractivity contribution in [1.29, 1.82) is 0 Å². The molecule has 0 bridgehead atoms. The van der Waals surface area contributed by atoms with E-state index in [0.717, 1.165) is 11.5 Å². The Bertz CT molecular complexity index is 800. The van der Waals surface area contributed by atoms with E-state index in [1.54, 1.807) is 25.3 Å². The highest BCUT2D eigenvalue weighted by molar-refractivity contribution is 5.81. The first-order chi connectivity index (χ1) is 13.0. The minimum absolute atomic E-state index is 0.0495. The molecule has 1 amide bonds. The molecule has 1 saturated heterocycles. The second-order valence-corrected chi connectivity index (χ2v) is 6.65. The Morgan fingerprint density at radius 2 is 1.93 bits per heavy atom. The monoisotopic (exact) mass is 370 g/mol. The van der Waals surface area contributed by atoms with Gasteiger partial charge < -0.3 is 19.6 Å². The van der Waals surface area contributed by atoms with Crippen molar-refractivity contribution in [2.24, 2.45) is 0 Å². The predicted octanol–water partition coefficient (Wildman–Crippen LogP) is 2.23. The third kappa shape index (κ3) is 4.19. The van der Waals surface area contributed by atoms with Crippen LogP contribution in [-0.2, 0) is 9.53 Å². The van der Waals surface area contributed by atoms with Gasteiger partial charge in [0.1, 0.15) is 17.7 Å². The number of methoxy groups -OCH3 is 1. The third-order valence-electron chi connectivity index (χ3n) is 4.83. The van der Waals surface area contributed by atoms with Crippen LogP contribution < -0.4 is 4.90 Å². The maximum Gasteiger partial charge on any atom is 0.251 e. The molecule has 1 aromatic carbocycles. The van der Waals surface area contributed by atoms with Crippen molar-refractivity contribution in [3.8, 4) is 17.1 Å². The van der Waals surface area contributed by atoms with Gasteiger partial charge in [0.15, 0.2) is 5.82 Å². The van der Waals surface area contributed by atoms with E-state index < -0.39 is 0 Å². The second kappa shape index (κ2) is 8.35. The molecule has 3 rings (SSSR count). The van der Waals surface area contributed by atoms with Gasteiger partial charge in [-0.05, 0) is 25.5 Å². The standard InChI is InChI=1S/C20H26N4O3/c1-4-17(27-3)20(26)24-11-9-23(10-12-24)18-13-14(2)21-19(22-18)15-7-5-6-8-16(15)25/h5-8,13,17,25H,4,9-12H2,1-3H3. The lowest BCUT2D eigenvalue weighted by Crippen LogP contribution is -2.52. The fourth-order valence-corrected chi connectivity index (χ4v) is 3.30. The van der Waals surface area contributed by atoms with Crippen LogP contribution in [0, 0.1) is 6.92 Å². The van der Waals surface area contributed by atoms with Crippen molar-refractivity contribution < 1.29 is 14.6 Å². The van der Waals surface area contributed by atoms with Gasteiger partial charge in [-0.3, -0.25) is 4.79 Å². The number of para-hydroxylation sites is 1. The van der Waals surface area contributed by atoms with Gasteiger partial charge in [-0.2, -0.15) is 0 Å². The summed E-state index contributed by atoms with van der Waals surface area (Å²) in [5.74, 6) is 1.53. The van der Waals surface area contributed by atoms with Crippen LogP contribution in [0.4, 0.5) is 5.82 Å². The van der Waals surface area contributed by atoms with E-state index in [-0.39, 0.29) is 17.8 Å². The number of carbonyl (C=O) groups is 1. The van der Waals surface area contributed by atoms with Crippen LogP contribution in [0.2, 0.25) is 0 Å². The summed E-state index contributed by atoms with van der Waals surface area (Å²) in [6, 6.07) is 9.00. The van der Waals surface area contributed by atoms with Crippen LogP contribution >= 0.6 is 0 Å². The quantitative estimate of drug-likeness (QED) is 0.870. The van der Waals surface area contributed by atoms with Crippen molar-refractivity contribution in [2.75, 3.05) is 38.2 Å². The number of hydrogen-bond acceptors (Lipinski definition) is 6. The topological polar surface area (TPSA) is 78.8 Å². The van der Waals surface area contributed by atoms with E-state index in [2.05, 4.69) is 14.9 Å². The first-order valence-electron chi connectivity index (χ1n) is 9.24. The highest BCUT2D eigenvalue weighted by Gasteiger charge is 2.27. The van der Waals surface area contributed by atoms with Gasteiger partial charge in [-0.15, -0.1) is 0 Å². The van der Waals surface area contributed by atoms with Gasteiger partial charge in [0.25, 0.3) is 5.91 Å². The van der Waals surface area contributed by atoms with Crippen molar-refractivity contribution in [2.45, 2.75) is 26.4 Å². The van der Waals surface area contributed by atoms with Crippen LogP contribution in [0.3, 0.4) is 0 Å². The van der Waals surface area contributed by atoms with Crippen LogP contribution in [0.25, 0.3) is 11.4 Å². The lowest BCUT2D eigenvalue weighted by atomic mass is 10.2. The van der Waals surface area contributed by atoms with Crippen LogP contribution in [0.15, 0.2) is 30.3 Å². The van der Waals surface area contributed by atoms with Gasteiger partial charge in [0.05, 0.1) is 5.56 Å². The summed E-state index contributed by atoms with van der Waals surface area (Å²) in [4.78, 5) is 25.6. The van der Waals surface area contributed by atoms with Gasteiger partial charge in [0, 0.05) is 45.0 Å². The molecule has 27 heavy (non-hydrogen) atoms. The molecule has 0 saturated carbocycles. The summed E-state index contributed by atoms with van der Waals surface area (Å²) < 4.78 is 5.27. The number of aryl methyl sites for hydroxylation is 1. The molecule has 1 aromatic heterocycles. The number of rotatable bonds is 5. The molecule has 7 nitrogen and oxygen atoms in total. The number of piperazine rings is 1. The van der Waals surface area contributed by atoms with Crippen LogP contribution in [0.5, 0.6) is 5.75 Å². The molecule has 2 aromatic rings. The zero-order valence-electron chi connectivity index (χ0n) is 16.1. The molecule has 1 unspecified atom stereocenters. The lowest BCUT2D eigenvalue weighted by molar-refractivity contribution is -0.142. The highest BCUT2D eigenvalue weighted by Crippen LogP contribution is 2.28. The van der Waals surface area contributed by atoms with E-state index in [0.29, 0.717) is 44.0 Å². The van der Waals surface area contributed by atoms with E-state index in [1.165, 1.54) is 0 Å². The summed E-state index contributed by atoms with van der Waals surface area (Å²) in [7, 11) is 1.58. The smallest absolute Gasteiger partial charge is 0.251 e. The number of nitrogens with zero attached hydrogens (tertiary/aromatic N) is 4. The Hall–Kier alpha value is -2.67. The Kier molecular flexibility index (Phi) is 5.91. The SMILES string of the molecule is CCC(OC)C(=O)N1CCN(c2cc(C)nc(-c3ccccc3O)n2)CC1. The molecule has 0 aliphatic carbocycles. The molecular formula is C20H26N4O3. The predicted molar refractivity (Wildman–Crippen MR) is 104 cm³/mol. The largest absolute Gasteiger partial charge is 0.507 e. The molecule has 2 heterocycles. The molecule has 144 valence electrons. The Balaban J connectivity index is 1.75. The van der Waals surface area contributed by atoms with E-state index >= 15 is 0 Å². The molecule has 1 N–H and O–H groups in total. The number of phenolic OH excluding ortho intramolecular Hbond substituents is 1. The van der Waals surface area contributed by atoms with E-state index in [1.807, 2.05) is 30.9 Å². The first kappa shape index (κ1) is 19.1. The van der Waals surface area contributed by atoms with E-state index in [4.69, 9.17) is 4.74 Å². The summed E-state index contributed by atoms with van der Waals surface area (Å²) in [5, 5.41) is 10.1. The highest BCUT2D eigenvalue weighted by atomic mass is 16.5. The van der Waals surface area contributed by atoms with Crippen molar-refractivity contribution in [1.82, 2.24) is 14.9 Å². The number of aromatic hydroxyl groups is 1. The van der Waals surface area contributed by atoms with Crippen molar-refractivity contribution in [3.63, 3.8) is 0 Å². The Labute approximate surface area is 159 Å². The number of aromatic nitrogens is 2.